The van der Waals surface area contributed by atoms with Crippen LogP contribution in [0.5, 0.6) is 5.75 Å². The zero-order chi connectivity index (χ0) is 32.6. The van der Waals surface area contributed by atoms with Crippen molar-refractivity contribution < 1.29 is 32.6 Å². The first-order chi connectivity index (χ1) is 21.4. The SMILES string of the molecule is Cc1cc(OCCCC(N)=O)cc(C)c1S(=O)(=O)N[C@@H](CNC(=O)c1ccc2c(cnn2CCNC2=NCCCC2)c1)C(=O)O. The Morgan fingerprint density at radius 3 is 2.56 bits per heavy atom. The number of nitrogens with one attached hydrogen (secondary N) is 3. The van der Waals surface area contributed by atoms with Gasteiger partial charge in [-0.2, -0.15) is 9.82 Å². The lowest BCUT2D eigenvalue weighted by Gasteiger charge is -2.19. The van der Waals surface area contributed by atoms with Crippen molar-refractivity contribution in [3.05, 3.63) is 53.2 Å². The first kappa shape index (κ1) is 33.4. The molecule has 4 rings (SSSR count). The van der Waals surface area contributed by atoms with Crippen molar-refractivity contribution in [1.29, 1.82) is 0 Å². The maximum atomic E-state index is 13.3. The van der Waals surface area contributed by atoms with Gasteiger partial charge in [-0.15, -0.1) is 0 Å². The fourth-order valence-electron chi connectivity index (χ4n) is 5.13. The van der Waals surface area contributed by atoms with Crippen LogP contribution in [-0.2, 0) is 26.2 Å². The highest BCUT2D eigenvalue weighted by atomic mass is 32.2. The van der Waals surface area contributed by atoms with Gasteiger partial charge in [0.25, 0.3) is 5.91 Å². The van der Waals surface area contributed by atoms with Gasteiger partial charge < -0.3 is 26.2 Å². The molecule has 14 nitrogen and oxygen atoms in total. The zero-order valence-corrected chi connectivity index (χ0v) is 26.2. The summed E-state index contributed by atoms with van der Waals surface area (Å²) in [5.74, 6) is -1.03. The van der Waals surface area contributed by atoms with Crippen molar-refractivity contribution in [2.45, 2.75) is 63.4 Å². The molecule has 0 saturated carbocycles. The molecule has 0 unspecified atom stereocenters. The minimum atomic E-state index is -4.30. The lowest BCUT2D eigenvalue weighted by Crippen LogP contribution is -2.48. The number of carbonyl (C=O) groups excluding carboxylic acids is 2. The van der Waals surface area contributed by atoms with Crippen LogP contribution in [0.2, 0.25) is 0 Å². The molecule has 0 spiro atoms. The molecule has 3 aromatic rings. The minimum absolute atomic E-state index is 0.0889. The molecule has 0 radical (unpaired) electrons. The second kappa shape index (κ2) is 15.0. The molecule has 1 aromatic heterocycles. The predicted octanol–water partition coefficient (Wildman–Crippen LogP) is 1.63. The smallest absolute Gasteiger partial charge is 0.323 e. The van der Waals surface area contributed by atoms with Gasteiger partial charge in [-0.25, -0.2) is 8.42 Å². The molecule has 0 bridgehead atoms. The number of carboxylic acid groups (broad SMARTS) is 1. The maximum Gasteiger partial charge on any atom is 0.323 e. The van der Waals surface area contributed by atoms with E-state index in [1.54, 1.807) is 38.2 Å². The van der Waals surface area contributed by atoms with Gasteiger partial charge >= 0.3 is 5.97 Å². The highest BCUT2D eigenvalue weighted by molar-refractivity contribution is 7.89. The molecule has 0 aliphatic carbocycles. The third-order valence-corrected chi connectivity index (χ3v) is 9.06. The third kappa shape index (κ3) is 9.01. The van der Waals surface area contributed by atoms with E-state index < -0.39 is 40.4 Å². The Balaban J connectivity index is 1.36. The molecule has 1 atom stereocenters. The number of amides is 2. The Labute approximate surface area is 261 Å². The Hall–Kier alpha value is -4.50. The number of carboxylic acids is 1. The number of hydrogen-bond acceptors (Lipinski definition) is 9. The highest BCUT2D eigenvalue weighted by Gasteiger charge is 2.29. The quantitative estimate of drug-likeness (QED) is 0.153. The van der Waals surface area contributed by atoms with E-state index in [-0.39, 0.29) is 23.5 Å². The van der Waals surface area contributed by atoms with Gasteiger partial charge in [-0.05, 0) is 74.6 Å². The van der Waals surface area contributed by atoms with Crippen LogP contribution in [-0.4, -0.2) is 79.2 Å². The number of nitrogens with two attached hydrogens (primary N) is 1. The van der Waals surface area contributed by atoms with Gasteiger partial charge in [-0.1, -0.05) is 0 Å². The summed E-state index contributed by atoms with van der Waals surface area (Å²) >= 11 is 0. The van der Waals surface area contributed by atoms with Gasteiger partial charge in [0, 0.05) is 43.4 Å². The van der Waals surface area contributed by atoms with Crippen molar-refractivity contribution in [3.63, 3.8) is 0 Å². The number of sulfonamides is 1. The van der Waals surface area contributed by atoms with E-state index in [0.717, 1.165) is 42.5 Å². The second-order valence-electron chi connectivity index (χ2n) is 10.9. The summed E-state index contributed by atoms with van der Waals surface area (Å²) in [7, 11) is -4.30. The number of nitrogens with zero attached hydrogens (tertiary/aromatic N) is 3. The van der Waals surface area contributed by atoms with E-state index >= 15 is 0 Å². The third-order valence-electron chi connectivity index (χ3n) is 7.28. The number of aromatic nitrogens is 2. The Kier molecular flexibility index (Phi) is 11.1. The van der Waals surface area contributed by atoms with Crippen LogP contribution in [0.25, 0.3) is 10.9 Å². The summed E-state index contributed by atoms with van der Waals surface area (Å²) in [4.78, 5) is 40.2. The van der Waals surface area contributed by atoms with Gasteiger partial charge in [-0.3, -0.25) is 24.1 Å². The maximum absolute atomic E-state index is 13.3. The van der Waals surface area contributed by atoms with Crippen LogP contribution in [0.15, 0.2) is 46.4 Å². The molecule has 6 N–H and O–H groups in total. The topological polar surface area (TPSA) is 207 Å². The van der Waals surface area contributed by atoms with E-state index in [1.165, 1.54) is 12.1 Å². The van der Waals surface area contributed by atoms with Crippen LogP contribution >= 0.6 is 0 Å². The molecule has 242 valence electrons. The Bertz CT molecular complexity index is 1680. The van der Waals surface area contributed by atoms with Crippen LogP contribution in [0.4, 0.5) is 0 Å². The van der Waals surface area contributed by atoms with Crippen LogP contribution in [0, 0.1) is 13.8 Å². The van der Waals surface area contributed by atoms with E-state index in [9.17, 15) is 27.9 Å². The molecule has 2 heterocycles. The standard InChI is InChI=1S/C30H39N7O7S/c1-19-14-23(44-13-5-6-26(31)38)15-20(2)28(19)45(42,43)36-24(30(40)41)18-34-29(39)21-8-9-25-22(16-21)17-35-37(25)12-11-33-27-7-3-4-10-32-27/h8-9,14-17,24,36H,3-7,10-13,18H2,1-2H3,(H2,31,38)(H,32,33)(H,34,39)(H,40,41)/t24-/m0/s1. The van der Waals surface area contributed by atoms with E-state index in [0.29, 0.717) is 36.4 Å². The Morgan fingerprint density at radius 2 is 1.89 bits per heavy atom. The summed E-state index contributed by atoms with van der Waals surface area (Å²) in [6.45, 7) is 4.99. The van der Waals surface area contributed by atoms with Gasteiger partial charge in [0.15, 0.2) is 0 Å². The van der Waals surface area contributed by atoms with Crippen molar-refractivity contribution in [3.8, 4) is 5.75 Å². The zero-order valence-electron chi connectivity index (χ0n) is 25.3. The number of ether oxygens (including phenoxy) is 1. The van der Waals surface area contributed by atoms with E-state index in [1.807, 2.05) is 4.68 Å². The number of hydrogen-bond donors (Lipinski definition) is 5. The Morgan fingerprint density at radius 1 is 1.13 bits per heavy atom. The van der Waals surface area contributed by atoms with Crippen molar-refractivity contribution in [1.82, 2.24) is 25.1 Å². The molecule has 0 saturated heterocycles. The number of rotatable bonds is 15. The number of fused-ring (bicyclic) bond motifs is 1. The highest BCUT2D eigenvalue weighted by Crippen LogP contribution is 2.26. The molecular weight excluding hydrogens is 602 g/mol. The van der Waals surface area contributed by atoms with Gasteiger partial charge in [0.1, 0.15) is 11.8 Å². The molecule has 0 fully saturated rings. The molecule has 15 heteroatoms. The monoisotopic (exact) mass is 641 g/mol. The van der Waals surface area contributed by atoms with Crippen molar-refractivity contribution >= 4 is 44.5 Å². The molecule has 45 heavy (non-hydrogen) atoms. The number of aliphatic imine (C=N–C) groups is 1. The predicted molar refractivity (Wildman–Crippen MR) is 168 cm³/mol. The molecule has 2 aromatic carbocycles. The summed E-state index contributed by atoms with van der Waals surface area (Å²) in [6.07, 6.45) is 5.42. The number of aliphatic carboxylic acids is 1. The lowest BCUT2D eigenvalue weighted by atomic mass is 10.1. The average Bonchev–Trinajstić information content (AvgIpc) is 3.39. The fraction of sp³-hybridized carbons (Fsp3) is 0.433. The van der Waals surface area contributed by atoms with Crippen molar-refractivity contribution in [2.24, 2.45) is 10.7 Å². The van der Waals surface area contributed by atoms with E-state index in [2.05, 4.69) is 25.4 Å². The summed E-state index contributed by atoms with van der Waals surface area (Å²) in [5, 5.41) is 20.8. The van der Waals surface area contributed by atoms with Crippen LogP contribution in [0.3, 0.4) is 0 Å². The number of amidine groups is 1. The summed E-state index contributed by atoms with van der Waals surface area (Å²) < 4.78 is 36.2. The van der Waals surface area contributed by atoms with Crippen LogP contribution < -0.4 is 25.8 Å². The number of benzene rings is 2. The number of carbonyl (C=O) groups is 3. The lowest BCUT2D eigenvalue weighted by molar-refractivity contribution is -0.138. The minimum Gasteiger partial charge on any atom is -0.494 e. The molecule has 2 amide bonds. The van der Waals surface area contributed by atoms with Crippen LogP contribution in [0.1, 0.15) is 53.6 Å². The largest absolute Gasteiger partial charge is 0.494 e. The van der Waals surface area contributed by atoms with Gasteiger partial charge in [0.05, 0.1) is 35.6 Å². The normalized spacial score (nSPS) is 14.0. The first-order valence-corrected chi connectivity index (χ1v) is 16.2. The number of primary amides is 1. The summed E-state index contributed by atoms with van der Waals surface area (Å²) in [5.41, 5.74) is 6.93. The van der Waals surface area contributed by atoms with E-state index in [4.69, 9.17) is 10.5 Å². The first-order valence-electron chi connectivity index (χ1n) is 14.7. The molecular formula is C30H39N7O7S. The molecule has 1 aliphatic rings. The number of aryl methyl sites for hydroxylation is 2. The average molecular weight is 642 g/mol. The summed E-state index contributed by atoms with van der Waals surface area (Å²) in [6, 6.07) is 6.43. The van der Waals surface area contributed by atoms with Crippen molar-refractivity contribution in [2.75, 3.05) is 26.2 Å². The van der Waals surface area contributed by atoms with Gasteiger partial charge in [0.2, 0.25) is 15.9 Å². The molecule has 1 aliphatic heterocycles. The second-order valence-corrected chi connectivity index (χ2v) is 12.5. The fourth-order valence-corrected chi connectivity index (χ4v) is 6.77.